The molecule has 0 atom stereocenters. The zero-order valence-corrected chi connectivity index (χ0v) is 10.4. The van der Waals surface area contributed by atoms with Crippen LogP contribution < -0.4 is 0 Å². The number of hydrogen-bond acceptors (Lipinski definition) is 3. The van der Waals surface area contributed by atoms with Crippen molar-refractivity contribution in [2.75, 3.05) is 6.54 Å². The van der Waals surface area contributed by atoms with Crippen molar-refractivity contribution < 1.29 is 8.42 Å². The van der Waals surface area contributed by atoms with Gasteiger partial charge >= 0.3 is 0 Å². The van der Waals surface area contributed by atoms with Crippen molar-refractivity contribution in [3.8, 4) is 0 Å². The summed E-state index contributed by atoms with van der Waals surface area (Å²) < 4.78 is 26.3. The van der Waals surface area contributed by atoms with Crippen LogP contribution in [0.5, 0.6) is 0 Å². The summed E-state index contributed by atoms with van der Waals surface area (Å²) in [6, 6.07) is 0.208. The monoisotopic (exact) mass is 243 g/mol. The Morgan fingerprint density at radius 1 is 1.56 bits per heavy atom. The Morgan fingerprint density at radius 3 is 2.69 bits per heavy atom. The van der Waals surface area contributed by atoms with E-state index in [1.54, 1.807) is 11.2 Å². The molecule has 1 heterocycles. The molecular formula is C10H17N3O2S. The molecule has 1 aromatic heterocycles. The normalized spacial score (nSPS) is 16.9. The number of sulfonamides is 1. The second-order valence-electron chi connectivity index (χ2n) is 4.21. The molecule has 0 aromatic carbocycles. The second-order valence-corrected chi connectivity index (χ2v) is 6.07. The first kappa shape index (κ1) is 11.6. The van der Waals surface area contributed by atoms with Crippen molar-refractivity contribution in [1.29, 1.82) is 0 Å². The molecule has 1 N–H and O–H groups in total. The SMILES string of the molecule is CCCN(C1CC1)S(=O)(=O)c1cn[nH]c1C. The Balaban J connectivity index is 2.32. The van der Waals surface area contributed by atoms with Crippen molar-refractivity contribution in [1.82, 2.24) is 14.5 Å². The van der Waals surface area contributed by atoms with E-state index in [4.69, 9.17) is 0 Å². The maximum Gasteiger partial charge on any atom is 0.246 e. The van der Waals surface area contributed by atoms with Crippen LogP contribution in [-0.2, 0) is 10.0 Å². The number of aromatic nitrogens is 2. The zero-order valence-electron chi connectivity index (χ0n) is 9.60. The minimum Gasteiger partial charge on any atom is -0.281 e. The molecule has 2 rings (SSSR count). The van der Waals surface area contributed by atoms with Gasteiger partial charge in [-0.15, -0.1) is 0 Å². The molecule has 1 fully saturated rings. The van der Waals surface area contributed by atoms with Crippen LogP contribution in [0.2, 0.25) is 0 Å². The molecule has 5 nitrogen and oxygen atoms in total. The fraction of sp³-hybridized carbons (Fsp3) is 0.700. The van der Waals surface area contributed by atoms with E-state index in [2.05, 4.69) is 10.2 Å². The van der Waals surface area contributed by atoms with E-state index in [0.717, 1.165) is 19.3 Å². The Bertz CT molecular complexity index is 462. The van der Waals surface area contributed by atoms with Gasteiger partial charge in [0.2, 0.25) is 10.0 Å². The molecular weight excluding hydrogens is 226 g/mol. The molecule has 1 aromatic rings. The van der Waals surface area contributed by atoms with Gasteiger partial charge in [-0.2, -0.15) is 9.40 Å². The molecule has 0 aliphatic heterocycles. The number of nitrogens with one attached hydrogen (secondary N) is 1. The van der Waals surface area contributed by atoms with Crippen molar-refractivity contribution in [3.05, 3.63) is 11.9 Å². The van der Waals surface area contributed by atoms with Gasteiger partial charge in [-0.05, 0) is 26.2 Å². The number of aryl methyl sites for hydroxylation is 1. The summed E-state index contributed by atoms with van der Waals surface area (Å²) in [5.74, 6) is 0. The fourth-order valence-corrected chi connectivity index (χ4v) is 3.71. The minimum absolute atomic E-state index is 0.208. The third kappa shape index (κ3) is 1.99. The van der Waals surface area contributed by atoms with Crippen molar-refractivity contribution >= 4 is 10.0 Å². The van der Waals surface area contributed by atoms with Gasteiger partial charge in [0.1, 0.15) is 4.90 Å². The third-order valence-corrected chi connectivity index (χ3v) is 4.83. The fourth-order valence-electron chi connectivity index (χ4n) is 1.81. The Hall–Kier alpha value is -0.880. The van der Waals surface area contributed by atoms with E-state index < -0.39 is 10.0 Å². The van der Waals surface area contributed by atoms with Gasteiger partial charge in [-0.25, -0.2) is 8.42 Å². The molecule has 0 spiro atoms. The van der Waals surface area contributed by atoms with Crippen LogP contribution in [0.15, 0.2) is 11.1 Å². The van der Waals surface area contributed by atoms with Crippen LogP contribution in [0.1, 0.15) is 31.9 Å². The van der Waals surface area contributed by atoms with E-state index in [1.165, 1.54) is 6.20 Å². The van der Waals surface area contributed by atoms with Crippen LogP contribution in [0.4, 0.5) is 0 Å². The molecule has 1 saturated carbocycles. The molecule has 6 heteroatoms. The van der Waals surface area contributed by atoms with Gasteiger partial charge in [0.25, 0.3) is 0 Å². The summed E-state index contributed by atoms with van der Waals surface area (Å²) in [6.45, 7) is 4.32. The van der Waals surface area contributed by atoms with Crippen molar-refractivity contribution in [2.45, 2.75) is 44.0 Å². The lowest BCUT2D eigenvalue weighted by Gasteiger charge is -2.20. The zero-order chi connectivity index (χ0) is 11.8. The van der Waals surface area contributed by atoms with Gasteiger partial charge in [0, 0.05) is 12.6 Å². The van der Waals surface area contributed by atoms with E-state index in [9.17, 15) is 8.42 Å². The van der Waals surface area contributed by atoms with Crippen LogP contribution in [0.3, 0.4) is 0 Å². The van der Waals surface area contributed by atoms with Crippen LogP contribution in [-0.4, -0.2) is 35.5 Å². The Labute approximate surface area is 95.9 Å². The summed E-state index contributed by atoms with van der Waals surface area (Å²) in [6.07, 6.45) is 4.20. The van der Waals surface area contributed by atoms with Gasteiger partial charge in [0.05, 0.1) is 11.9 Å². The topological polar surface area (TPSA) is 66.1 Å². The third-order valence-electron chi connectivity index (χ3n) is 2.77. The number of nitrogens with zero attached hydrogens (tertiary/aromatic N) is 2. The standard InChI is InChI=1S/C10H17N3O2S/c1-3-6-13(9-4-5-9)16(14,15)10-7-11-12-8(10)2/h7,9H,3-6H2,1-2H3,(H,11,12). The van der Waals surface area contributed by atoms with Gasteiger partial charge in [-0.1, -0.05) is 6.92 Å². The maximum atomic E-state index is 12.4. The number of hydrogen-bond donors (Lipinski definition) is 1. The summed E-state index contributed by atoms with van der Waals surface area (Å²) >= 11 is 0. The average molecular weight is 243 g/mol. The lowest BCUT2D eigenvalue weighted by atomic mass is 10.5. The number of aromatic amines is 1. The van der Waals surface area contributed by atoms with Gasteiger partial charge in [-0.3, -0.25) is 5.10 Å². The summed E-state index contributed by atoms with van der Waals surface area (Å²) in [7, 11) is -3.35. The Morgan fingerprint density at radius 2 is 2.25 bits per heavy atom. The van der Waals surface area contributed by atoms with E-state index in [-0.39, 0.29) is 6.04 Å². The molecule has 0 amide bonds. The highest BCUT2D eigenvalue weighted by molar-refractivity contribution is 7.89. The molecule has 1 aliphatic carbocycles. The first-order valence-electron chi connectivity index (χ1n) is 5.59. The van der Waals surface area contributed by atoms with E-state index in [0.29, 0.717) is 17.1 Å². The molecule has 0 radical (unpaired) electrons. The molecule has 16 heavy (non-hydrogen) atoms. The predicted octanol–water partition coefficient (Wildman–Crippen LogP) is 1.28. The Kier molecular flexibility index (Phi) is 3.03. The summed E-state index contributed by atoms with van der Waals surface area (Å²) in [5, 5.41) is 6.45. The highest BCUT2D eigenvalue weighted by Gasteiger charge is 2.38. The van der Waals surface area contributed by atoms with E-state index in [1.807, 2.05) is 6.92 Å². The maximum absolute atomic E-state index is 12.4. The minimum atomic E-state index is -3.35. The van der Waals surface area contributed by atoms with Crippen LogP contribution >= 0.6 is 0 Å². The quantitative estimate of drug-likeness (QED) is 0.847. The summed E-state index contributed by atoms with van der Waals surface area (Å²) in [4.78, 5) is 0.313. The van der Waals surface area contributed by atoms with Crippen molar-refractivity contribution in [2.24, 2.45) is 0 Å². The molecule has 0 saturated heterocycles. The molecule has 0 bridgehead atoms. The van der Waals surface area contributed by atoms with Crippen molar-refractivity contribution in [3.63, 3.8) is 0 Å². The highest BCUT2D eigenvalue weighted by Crippen LogP contribution is 2.32. The van der Waals surface area contributed by atoms with Gasteiger partial charge in [0.15, 0.2) is 0 Å². The van der Waals surface area contributed by atoms with Crippen LogP contribution in [0.25, 0.3) is 0 Å². The lowest BCUT2D eigenvalue weighted by Crippen LogP contribution is -2.34. The smallest absolute Gasteiger partial charge is 0.246 e. The highest BCUT2D eigenvalue weighted by atomic mass is 32.2. The predicted molar refractivity (Wildman–Crippen MR) is 60.5 cm³/mol. The molecule has 90 valence electrons. The van der Waals surface area contributed by atoms with Gasteiger partial charge < -0.3 is 0 Å². The molecule has 1 aliphatic rings. The second kappa shape index (κ2) is 4.18. The van der Waals surface area contributed by atoms with E-state index >= 15 is 0 Å². The first-order chi connectivity index (χ1) is 7.57. The number of rotatable bonds is 5. The summed E-state index contributed by atoms with van der Waals surface area (Å²) in [5.41, 5.74) is 0.613. The first-order valence-corrected chi connectivity index (χ1v) is 7.03. The van der Waals surface area contributed by atoms with Crippen LogP contribution in [0, 0.1) is 6.92 Å². The average Bonchev–Trinajstić information content (AvgIpc) is 2.96. The largest absolute Gasteiger partial charge is 0.281 e. The molecule has 0 unspecified atom stereocenters. The number of H-pyrrole nitrogens is 1. The lowest BCUT2D eigenvalue weighted by molar-refractivity contribution is 0.403.